The van der Waals surface area contributed by atoms with Gasteiger partial charge < -0.3 is 19.9 Å². The molecule has 0 saturated heterocycles. The molecule has 1 aromatic rings. The molecule has 3 rings (SSSR count). The Labute approximate surface area is 154 Å². The third-order valence-electron chi connectivity index (χ3n) is 4.30. The van der Waals surface area contributed by atoms with Crippen LogP contribution in [0.4, 0.5) is 5.69 Å². The first kappa shape index (κ1) is 17.9. The summed E-state index contributed by atoms with van der Waals surface area (Å²) in [6.07, 6.45) is 2.75. The maximum absolute atomic E-state index is 12.4. The molecule has 1 heterocycles. The summed E-state index contributed by atoms with van der Waals surface area (Å²) in [6, 6.07) is 4.46. The summed E-state index contributed by atoms with van der Waals surface area (Å²) >= 11 is 11.8. The Kier molecular flexibility index (Phi) is 4.84. The van der Waals surface area contributed by atoms with Crippen LogP contribution in [0.25, 0.3) is 0 Å². The van der Waals surface area contributed by atoms with Crippen LogP contribution in [-0.2, 0) is 19.1 Å². The van der Waals surface area contributed by atoms with Crippen molar-refractivity contribution in [1.82, 2.24) is 0 Å². The number of hydrogen-bond donors (Lipinski definition) is 2. The molecule has 0 bridgehead atoms. The largest absolute Gasteiger partial charge is 0.480 e. The maximum atomic E-state index is 12.4. The maximum Gasteiger partial charge on any atom is 0.354 e. The Morgan fingerprint density at radius 1 is 1.36 bits per heavy atom. The fraction of sp³-hybridized carbons (Fsp3) is 0.412. The first-order valence-electron chi connectivity index (χ1n) is 7.92. The van der Waals surface area contributed by atoms with Gasteiger partial charge >= 0.3 is 11.9 Å². The molecule has 8 heteroatoms. The number of carbonyl (C=O) groups is 2. The topological polar surface area (TPSA) is 84.9 Å². The van der Waals surface area contributed by atoms with Crippen LogP contribution in [0.15, 0.2) is 29.7 Å². The number of carbonyl (C=O) groups excluding carboxylic acids is 2. The van der Waals surface area contributed by atoms with E-state index in [-0.39, 0.29) is 16.6 Å². The van der Waals surface area contributed by atoms with E-state index in [0.717, 1.165) is 12.8 Å². The molecular formula is C17H17Cl2NO5. The zero-order chi connectivity index (χ0) is 18.2. The van der Waals surface area contributed by atoms with Gasteiger partial charge in [0.1, 0.15) is 0 Å². The second-order valence-electron chi connectivity index (χ2n) is 6.36. The summed E-state index contributed by atoms with van der Waals surface area (Å²) in [7, 11) is 0. The van der Waals surface area contributed by atoms with Gasteiger partial charge in [-0.1, -0.05) is 36.5 Å². The van der Waals surface area contributed by atoms with E-state index >= 15 is 0 Å². The van der Waals surface area contributed by atoms with E-state index in [1.807, 2.05) is 6.92 Å². The van der Waals surface area contributed by atoms with E-state index in [4.69, 9.17) is 32.7 Å². The van der Waals surface area contributed by atoms with Gasteiger partial charge in [-0.25, -0.2) is 4.79 Å². The lowest BCUT2D eigenvalue weighted by Gasteiger charge is -2.40. The number of anilines is 1. The van der Waals surface area contributed by atoms with Gasteiger partial charge in [-0.15, -0.1) is 0 Å². The minimum Gasteiger partial charge on any atom is -0.480 e. The first-order chi connectivity index (χ1) is 11.8. The van der Waals surface area contributed by atoms with Crippen molar-refractivity contribution in [3.8, 4) is 0 Å². The molecule has 1 aliphatic carbocycles. The van der Waals surface area contributed by atoms with Gasteiger partial charge in [0.25, 0.3) is 11.7 Å². The minimum absolute atomic E-state index is 0.198. The molecule has 1 aromatic carbocycles. The fourth-order valence-electron chi connectivity index (χ4n) is 3.16. The zero-order valence-electron chi connectivity index (χ0n) is 13.5. The Morgan fingerprint density at radius 3 is 2.76 bits per heavy atom. The van der Waals surface area contributed by atoms with Gasteiger partial charge in [0.05, 0.1) is 10.7 Å². The summed E-state index contributed by atoms with van der Waals surface area (Å²) < 4.78 is 10.8. The molecule has 1 fully saturated rings. The Bertz CT molecular complexity index is 763. The smallest absolute Gasteiger partial charge is 0.354 e. The lowest BCUT2D eigenvalue weighted by Crippen LogP contribution is -2.47. The molecule has 2 N–H and O–H groups in total. The van der Waals surface area contributed by atoms with Crippen molar-refractivity contribution in [2.45, 2.75) is 38.4 Å². The Balaban J connectivity index is 1.81. The summed E-state index contributed by atoms with van der Waals surface area (Å²) in [5, 5.41) is 13.2. The summed E-state index contributed by atoms with van der Waals surface area (Å²) in [4.78, 5) is 24.7. The van der Waals surface area contributed by atoms with E-state index in [1.165, 1.54) is 18.2 Å². The van der Waals surface area contributed by atoms with Crippen LogP contribution in [0, 0.1) is 5.92 Å². The highest BCUT2D eigenvalue weighted by molar-refractivity contribution is 6.37. The molecule has 2 atom stereocenters. The average molecular weight is 386 g/mol. The molecule has 0 aromatic heterocycles. The van der Waals surface area contributed by atoms with Crippen molar-refractivity contribution in [3.05, 3.63) is 39.8 Å². The average Bonchev–Trinajstić information content (AvgIpc) is 2.49. The number of aliphatic hydroxyl groups is 1. The van der Waals surface area contributed by atoms with Gasteiger partial charge in [0, 0.05) is 17.9 Å². The van der Waals surface area contributed by atoms with E-state index < -0.39 is 29.2 Å². The highest BCUT2D eigenvalue weighted by Gasteiger charge is 2.48. The van der Waals surface area contributed by atoms with Crippen LogP contribution in [0.3, 0.4) is 0 Å². The molecule has 6 nitrogen and oxygen atoms in total. The number of rotatable bonds is 2. The van der Waals surface area contributed by atoms with Gasteiger partial charge in [0.2, 0.25) is 5.57 Å². The third kappa shape index (κ3) is 3.70. The number of esters is 1. The van der Waals surface area contributed by atoms with Gasteiger partial charge in [-0.2, -0.15) is 0 Å². The van der Waals surface area contributed by atoms with Crippen LogP contribution in [0.1, 0.15) is 32.6 Å². The quantitative estimate of drug-likeness (QED) is 0.588. The molecule has 25 heavy (non-hydrogen) atoms. The summed E-state index contributed by atoms with van der Waals surface area (Å²) in [6.45, 7) is 2.02. The monoisotopic (exact) mass is 385 g/mol. The molecule has 2 unspecified atom stereocenters. The third-order valence-corrected chi connectivity index (χ3v) is 4.85. The number of hydrogen-bond acceptors (Lipinski definition) is 5. The van der Waals surface area contributed by atoms with E-state index in [1.54, 1.807) is 0 Å². The predicted molar refractivity (Wildman–Crippen MR) is 92.3 cm³/mol. The van der Waals surface area contributed by atoms with E-state index in [9.17, 15) is 14.7 Å². The van der Waals surface area contributed by atoms with Crippen LogP contribution in [-0.4, -0.2) is 22.8 Å². The molecule has 0 radical (unpaired) electrons. The second-order valence-corrected chi connectivity index (χ2v) is 7.21. The second kappa shape index (κ2) is 6.77. The lowest BCUT2D eigenvalue weighted by atomic mass is 9.85. The van der Waals surface area contributed by atoms with Crippen molar-refractivity contribution in [2.75, 3.05) is 5.32 Å². The minimum atomic E-state index is -1.19. The molecule has 2 aliphatic rings. The molecule has 1 aliphatic heterocycles. The summed E-state index contributed by atoms with van der Waals surface area (Å²) in [5.41, 5.74) is -0.342. The Morgan fingerprint density at radius 2 is 2.12 bits per heavy atom. The lowest BCUT2D eigenvalue weighted by molar-refractivity contribution is -0.254. The first-order valence-corrected chi connectivity index (χ1v) is 8.67. The Hall–Kier alpha value is -1.92. The van der Waals surface area contributed by atoms with Crippen molar-refractivity contribution >= 4 is 40.8 Å². The molecule has 1 amide bonds. The van der Waals surface area contributed by atoms with Crippen molar-refractivity contribution < 1.29 is 24.2 Å². The molecular weight excluding hydrogens is 369 g/mol. The number of aliphatic hydroxyl groups excluding tert-OH is 1. The standard InChI is InChI=1S/C17H17Cl2NO5/c1-9-3-2-6-17(8-9)24-15(22)13(16(23)25-17)14(21)20-12-5-4-10(18)7-11(12)19/h4-5,7,9,22H,2-3,6,8H2,1H3,(H,20,21). The SMILES string of the molecule is CC1CCCC2(C1)OC(=O)C(C(=O)Nc1ccc(Cl)cc1Cl)=C(O)O2. The number of nitrogens with one attached hydrogen (secondary N) is 1. The van der Waals surface area contributed by atoms with Gasteiger partial charge in [-0.05, 0) is 30.5 Å². The highest BCUT2D eigenvalue weighted by Crippen LogP contribution is 2.40. The summed E-state index contributed by atoms with van der Waals surface area (Å²) in [5.74, 6) is -3.42. The number of benzene rings is 1. The van der Waals surface area contributed by atoms with Crippen molar-refractivity contribution in [2.24, 2.45) is 5.92 Å². The van der Waals surface area contributed by atoms with Crippen molar-refractivity contribution in [1.29, 1.82) is 0 Å². The van der Waals surface area contributed by atoms with Gasteiger partial charge in [0.15, 0.2) is 0 Å². The van der Waals surface area contributed by atoms with Gasteiger partial charge in [-0.3, -0.25) is 4.79 Å². The zero-order valence-corrected chi connectivity index (χ0v) is 15.0. The molecule has 1 saturated carbocycles. The number of halogens is 2. The van der Waals surface area contributed by atoms with Crippen molar-refractivity contribution in [3.63, 3.8) is 0 Å². The normalized spacial score (nSPS) is 26.2. The van der Waals surface area contributed by atoms with E-state index in [0.29, 0.717) is 17.9 Å². The number of ether oxygens (including phenoxy) is 2. The van der Waals surface area contributed by atoms with Crippen LogP contribution >= 0.6 is 23.2 Å². The van der Waals surface area contributed by atoms with Crippen LogP contribution in [0.5, 0.6) is 0 Å². The molecule has 1 spiro atoms. The fourth-order valence-corrected chi connectivity index (χ4v) is 3.62. The van der Waals surface area contributed by atoms with Crippen LogP contribution in [0.2, 0.25) is 10.0 Å². The van der Waals surface area contributed by atoms with E-state index in [2.05, 4.69) is 5.32 Å². The predicted octanol–water partition coefficient (Wildman–Crippen LogP) is 4.18. The van der Waals surface area contributed by atoms with Crippen LogP contribution < -0.4 is 5.32 Å². The molecule has 134 valence electrons. The number of amides is 1. The highest BCUT2D eigenvalue weighted by atomic mass is 35.5.